The van der Waals surface area contributed by atoms with Gasteiger partial charge in [-0.1, -0.05) is 42.5 Å². The smallest absolute Gasteiger partial charge is 0.355 e. The molecule has 0 N–H and O–H groups in total. The van der Waals surface area contributed by atoms with Gasteiger partial charge in [0.05, 0.1) is 0 Å². The minimum Gasteiger partial charge on any atom is -0.456 e. The number of carbonyl (C=O) groups excluding carboxylic acids is 1. The Labute approximate surface area is 118 Å². The summed E-state index contributed by atoms with van der Waals surface area (Å²) in [4.78, 5) is 14.1. The molecular weight excluding hydrogens is 250 g/mol. The van der Waals surface area contributed by atoms with E-state index in [2.05, 4.69) is 0 Å². The zero-order chi connectivity index (χ0) is 13.8. The lowest BCUT2D eigenvalue weighted by atomic mass is 10.2. The first-order valence-electron chi connectivity index (χ1n) is 6.59. The molecule has 3 rings (SSSR count). The Bertz CT molecular complexity index is 624. The molecule has 20 heavy (non-hydrogen) atoms. The summed E-state index contributed by atoms with van der Waals surface area (Å²) in [5, 5.41) is 0. The van der Waals surface area contributed by atoms with Crippen molar-refractivity contribution >= 4 is 5.97 Å². The van der Waals surface area contributed by atoms with Crippen LogP contribution in [0.2, 0.25) is 0 Å². The molecule has 0 spiro atoms. The second-order valence-electron chi connectivity index (χ2n) is 4.61. The van der Waals surface area contributed by atoms with Crippen LogP contribution in [0, 0.1) is 0 Å². The van der Waals surface area contributed by atoms with Crippen LogP contribution < -0.4 is 0 Å². The Morgan fingerprint density at radius 1 is 1.15 bits per heavy atom. The van der Waals surface area contributed by atoms with Gasteiger partial charge >= 0.3 is 5.97 Å². The quantitative estimate of drug-likeness (QED) is 0.785. The van der Waals surface area contributed by atoms with Crippen molar-refractivity contribution in [3.05, 3.63) is 83.9 Å². The SMILES string of the molecule is O=C(OCc1ccccc1)C1=CCC2=CC=CC=CN21. The van der Waals surface area contributed by atoms with Crippen molar-refractivity contribution in [1.82, 2.24) is 4.90 Å². The van der Waals surface area contributed by atoms with Crippen molar-refractivity contribution in [3.63, 3.8) is 0 Å². The fourth-order valence-electron chi connectivity index (χ4n) is 2.22. The summed E-state index contributed by atoms with van der Waals surface area (Å²) in [6.07, 6.45) is 12.4. The molecular formula is C17H15NO2. The van der Waals surface area contributed by atoms with Crippen LogP contribution in [0.3, 0.4) is 0 Å². The largest absolute Gasteiger partial charge is 0.456 e. The van der Waals surface area contributed by atoms with Gasteiger partial charge in [-0.05, 0) is 23.8 Å². The molecule has 2 aliphatic heterocycles. The second kappa shape index (κ2) is 5.61. The summed E-state index contributed by atoms with van der Waals surface area (Å²) in [6.45, 7) is 0.297. The minimum absolute atomic E-state index is 0.288. The highest BCUT2D eigenvalue weighted by atomic mass is 16.5. The van der Waals surface area contributed by atoms with Gasteiger partial charge in [-0.25, -0.2) is 4.79 Å². The van der Waals surface area contributed by atoms with Crippen LogP contribution in [0.25, 0.3) is 0 Å². The fourth-order valence-corrected chi connectivity index (χ4v) is 2.22. The predicted octanol–water partition coefficient (Wildman–Crippen LogP) is 3.29. The third-order valence-corrected chi connectivity index (χ3v) is 3.24. The van der Waals surface area contributed by atoms with Crippen molar-refractivity contribution in [2.24, 2.45) is 0 Å². The molecule has 100 valence electrons. The van der Waals surface area contributed by atoms with Gasteiger partial charge in [0, 0.05) is 18.3 Å². The number of rotatable bonds is 3. The zero-order valence-electron chi connectivity index (χ0n) is 11.0. The highest BCUT2D eigenvalue weighted by Crippen LogP contribution is 2.28. The van der Waals surface area contributed by atoms with Crippen molar-refractivity contribution in [3.8, 4) is 0 Å². The highest BCUT2D eigenvalue weighted by molar-refractivity contribution is 5.89. The molecule has 2 heterocycles. The molecule has 0 saturated carbocycles. The first-order valence-corrected chi connectivity index (χ1v) is 6.59. The summed E-state index contributed by atoms with van der Waals surface area (Å²) in [5.41, 5.74) is 2.66. The molecule has 3 heteroatoms. The van der Waals surface area contributed by atoms with Gasteiger partial charge in [0.1, 0.15) is 12.3 Å². The number of carbonyl (C=O) groups is 1. The Balaban J connectivity index is 1.66. The number of fused-ring (bicyclic) bond motifs is 1. The number of hydrogen-bond donors (Lipinski definition) is 0. The summed E-state index contributed by atoms with van der Waals surface area (Å²) >= 11 is 0. The van der Waals surface area contributed by atoms with E-state index >= 15 is 0 Å². The Morgan fingerprint density at radius 2 is 2.00 bits per heavy atom. The van der Waals surface area contributed by atoms with Crippen LogP contribution in [0.4, 0.5) is 0 Å². The van der Waals surface area contributed by atoms with E-state index < -0.39 is 0 Å². The van der Waals surface area contributed by atoms with Crippen LogP contribution in [-0.2, 0) is 16.1 Å². The summed E-state index contributed by atoms with van der Waals surface area (Å²) in [6, 6.07) is 9.69. The van der Waals surface area contributed by atoms with Crippen molar-refractivity contribution in [2.45, 2.75) is 13.0 Å². The Hall–Kier alpha value is -2.55. The summed E-state index contributed by atoms with van der Waals surface area (Å²) in [7, 11) is 0. The molecule has 0 radical (unpaired) electrons. The maximum atomic E-state index is 12.2. The number of esters is 1. The third kappa shape index (κ3) is 2.57. The highest BCUT2D eigenvalue weighted by Gasteiger charge is 2.25. The number of hydrogen-bond acceptors (Lipinski definition) is 3. The molecule has 0 unspecified atom stereocenters. The van der Waals surface area contributed by atoms with E-state index in [1.807, 2.05) is 71.8 Å². The number of ether oxygens (including phenoxy) is 1. The molecule has 0 aliphatic carbocycles. The maximum Gasteiger partial charge on any atom is 0.355 e. The number of allylic oxidation sites excluding steroid dienone is 5. The lowest BCUT2D eigenvalue weighted by Crippen LogP contribution is -2.19. The van der Waals surface area contributed by atoms with Gasteiger partial charge in [-0.3, -0.25) is 0 Å². The first kappa shape index (κ1) is 12.5. The molecule has 0 saturated heterocycles. The van der Waals surface area contributed by atoms with Gasteiger partial charge in [0.2, 0.25) is 0 Å². The Morgan fingerprint density at radius 3 is 2.85 bits per heavy atom. The first-order chi connectivity index (χ1) is 9.84. The summed E-state index contributed by atoms with van der Waals surface area (Å²) < 4.78 is 5.37. The number of benzene rings is 1. The second-order valence-corrected chi connectivity index (χ2v) is 4.61. The third-order valence-electron chi connectivity index (χ3n) is 3.24. The average molecular weight is 265 g/mol. The molecule has 0 atom stereocenters. The van der Waals surface area contributed by atoms with Crippen LogP contribution in [0.1, 0.15) is 12.0 Å². The van der Waals surface area contributed by atoms with E-state index in [1.165, 1.54) is 0 Å². The lowest BCUT2D eigenvalue weighted by Gasteiger charge is -2.18. The standard InChI is InChI=1S/C17H15NO2/c19-17(20-13-14-7-3-1-4-8-14)16-11-10-15-9-5-2-6-12-18(15)16/h1-9,11-12H,10,13H2. The minimum atomic E-state index is -0.288. The van der Waals surface area contributed by atoms with Gasteiger partial charge in [0.15, 0.2) is 0 Å². The predicted molar refractivity (Wildman–Crippen MR) is 77.1 cm³/mol. The topological polar surface area (TPSA) is 29.5 Å². The van der Waals surface area contributed by atoms with E-state index in [0.29, 0.717) is 12.3 Å². The van der Waals surface area contributed by atoms with E-state index in [1.54, 1.807) is 0 Å². The average Bonchev–Trinajstić information content (AvgIpc) is 2.75. The fraction of sp³-hybridized carbons (Fsp3) is 0.118. The molecule has 2 aliphatic rings. The molecule has 1 aromatic rings. The van der Waals surface area contributed by atoms with E-state index in [4.69, 9.17) is 4.74 Å². The van der Waals surface area contributed by atoms with Crippen molar-refractivity contribution in [1.29, 1.82) is 0 Å². The van der Waals surface area contributed by atoms with E-state index in [0.717, 1.165) is 17.7 Å². The lowest BCUT2D eigenvalue weighted by molar-refractivity contribution is -0.141. The Kier molecular flexibility index (Phi) is 3.50. The van der Waals surface area contributed by atoms with Crippen LogP contribution >= 0.6 is 0 Å². The molecule has 1 aromatic carbocycles. The molecule has 0 aromatic heterocycles. The van der Waals surface area contributed by atoms with Gasteiger partial charge < -0.3 is 9.64 Å². The normalized spacial score (nSPS) is 16.3. The van der Waals surface area contributed by atoms with Crippen molar-refractivity contribution in [2.75, 3.05) is 0 Å². The zero-order valence-corrected chi connectivity index (χ0v) is 11.0. The molecule has 3 nitrogen and oxygen atoms in total. The van der Waals surface area contributed by atoms with E-state index in [9.17, 15) is 4.79 Å². The van der Waals surface area contributed by atoms with Crippen LogP contribution in [0.5, 0.6) is 0 Å². The molecule has 0 fully saturated rings. The molecule has 0 bridgehead atoms. The molecule has 0 amide bonds. The van der Waals surface area contributed by atoms with Crippen LogP contribution in [-0.4, -0.2) is 10.9 Å². The van der Waals surface area contributed by atoms with Gasteiger partial charge in [0.25, 0.3) is 0 Å². The maximum absolute atomic E-state index is 12.2. The monoisotopic (exact) mass is 265 g/mol. The van der Waals surface area contributed by atoms with Gasteiger partial charge in [-0.15, -0.1) is 0 Å². The van der Waals surface area contributed by atoms with Crippen molar-refractivity contribution < 1.29 is 9.53 Å². The van der Waals surface area contributed by atoms with Crippen LogP contribution in [0.15, 0.2) is 78.3 Å². The van der Waals surface area contributed by atoms with E-state index in [-0.39, 0.29) is 5.97 Å². The van der Waals surface area contributed by atoms with Gasteiger partial charge in [-0.2, -0.15) is 0 Å². The number of nitrogens with zero attached hydrogens (tertiary/aromatic N) is 1. The summed E-state index contributed by atoms with van der Waals surface area (Å²) in [5.74, 6) is -0.288.